The Morgan fingerprint density at radius 1 is 1.26 bits per heavy atom. The first-order valence-electron chi connectivity index (χ1n) is 8.97. The fourth-order valence-electron chi connectivity index (χ4n) is 3.19. The van der Waals surface area contributed by atoms with E-state index in [9.17, 15) is 18.0 Å². The van der Waals surface area contributed by atoms with E-state index in [2.05, 4.69) is 19.7 Å². The number of amides is 2. The number of anilines is 2. The Balaban J connectivity index is 1.33. The first kappa shape index (κ1) is 19.8. The third kappa shape index (κ3) is 3.71. The summed E-state index contributed by atoms with van der Waals surface area (Å²) >= 11 is 2.48. The van der Waals surface area contributed by atoms with Crippen LogP contribution in [0.5, 0.6) is 0 Å². The van der Waals surface area contributed by atoms with Crippen molar-refractivity contribution in [2.75, 3.05) is 22.5 Å². The van der Waals surface area contributed by atoms with Gasteiger partial charge in [0, 0.05) is 34.1 Å². The summed E-state index contributed by atoms with van der Waals surface area (Å²) in [7, 11) is -3.43. The number of hydrogen-bond acceptors (Lipinski definition) is 8. The SMILES string of the molecule is NC(=O)c1cc(-c2csc(NC(=O)c3ccc4c(c3)SC3=NS(=O)(=O)CCN34)n2)c[nH]1. The molecule has 2 aliphatic rings. The van der Waals surface area contributed by atoms with Crippen LogP contribution in [0.4, 0.5) is 10.8 Å². The molecule has 5 rings (SSSR count). The first-order valence-corrected chi connectivity index (χ1v) is 12.3. The van der Waals surface area contributed by atoms with Crippen molar-refractivity contribution in [3.63, 3.8) is 0 Å². The van der Waals surface area contributed by atoms with Gasteiger partial charge in [-0.2, -0.15) is 0 Å². The number of carbonyl (C=O) groups excluding carboxylic acids is 2. The van der Waals surface area contributed by atoms with Gasteiger partial charge < -0.3 is 15.6 Å². The number of H-pyrrole nitrogens is 1. The maximum absolute atomic E-state index is 12.7. The Hall–Kier alpha value is -3.16. The van der Waals surface area contributed by atoms with E-state index in [4.69, 9.17) is 5.73 Å². The lowest BCUT2D eigenvalue weighted by atomic mass is 10.2. The van der Waals surface area contributed by atoms with Gasteiger partial charge in [-0.3, -0.25) is 14.9 Å². The van der Waals surface area contributed by atoms with Crippen LogP contribution in [0, 0.1) is 0 Å². The number of nitrogens with one attached hydrogen (secondary N) is 2. The molecule has 0 spiro atoms. The summed E-state index contributed by atoms with van der Waals surface area (Å²) in [6.07, 6.45) is 1.62. The van der Waals surface area contributed by atoms with Crippen molar-refractivity contribution in [3.05, 3.63) is 47.1 Å². The molecular formula is C18H14N6O4S3. The molecule has 0 unspecified atom stereocenters. The number of thiazole rings is 1. The predicted molar refractivity (Wildman–Crippen MR) is 119 cm³/mol. The second kappa shape index (κ2) is 7.21. The highest BCUT2D eigenvalue weighted by Crippen LogP contribution is 2.42. The molecule has 3 aromatic rings. The Labute approximate surface area is 184 Å². The second-order valence-corrected chi connectivity index (χ2v) is 10.4. The minimum atomic E-state index is -3.43. The number of thioether (sulfide) groups is 1. The van der Waals surface area contributed by atoms with E-state index in [-0.39, 0.29) is 17.4 Å². The molecule has 0 saturated heterocycles. The molecule has 0 atom stereocenters. The molecular weight excluding hydrogens is 460 g/mol. The Bertz CT molecular complexity index is 1370. The maximum atomic E-state index is 12.7. The maximum Gasteiger partial charge on any atom is 0.265 e. The van der Waals surface area contributed by atoms with Gasteiger partial charge in [-0.05, 0) is 36.0 Å². The summed E-state index contributed by atoms with van der Waals surface area (Å²) in [5.41, 5.74) is 8.07. The van der Waals surface area contributed by atoms with Crippen LogP contribution in [0.15, 0.2) is 45.1 Å². The number of nitrogens with two attached hydrogens (primary N) is 1. The zero-order valence-corrected chi connectivity index (χ0v) is 18.1. The first-order chi connectivity index (χ1) is 14.8. The van der Waals surface area contributed by atoms with Crippen LogP contribution in [0.1, 0.15) is 20.8 Å². The van der Waals surface area contributed by atoms with Crippen LogP contribution >= 0.6 is 23.1 Å². The molecule has 0 bridgehead atoms. The molecule has 10 nitrogen and oxygen atoms in total. The minimum Gasteiger partial charge on any atom is -0.364 e. The van der Waals surface area contributed by atoms with Gasteiger partial charge in [0.25, 0.3) is 21.8 Å². The average molecular weight is 475 g/mol. The van der Waals surface area contributed by atoms with E-state index in [0.717, 1.165) is 10.6 Å². The number of nitrogens with zero attached hydrogens (tertiary/aromatic N) is 3. The van der Waals surface area contributed by atoms with E-state index in [0.29, 0.717) is 33.7 Å². The predicted octanol–water partition coefficient (Wildman–Crippen LogP) is 2.10. The molecule has 13 heteroatoms. The number of hydrogen-bond donors (Lipinski definition) is 3. The number of fused-ring (bicyclic) bond motifs is 3. The van der Waals surface area contributed by atoms with Crippen molar-refractivity contribution in [1.82, 2.24) is 9.97 Å². The molecule has 1 aromatic carbocycles. The largest absolute Gasteiger partial charge is 0.364 e. The van der Waals surface area contributed by atoms with Gasteiger partial charge in [0.1, 0.15) is 5.69 Å². The normalized spacial score (nSPS) is 16.4. The van der Waals surface area contributed by atoms with Gasteiger partial charge in [-0.25, -0.2) is 13.4 Å². The van der Waals surface area contributed by atoms with Crippen LogP contribution in [-0.4, -0.2) is 47.7 Å². The van der Waals surface area contributed by atoms with E-state index >= 15 is 0 Å². The molecule has 0 aliphatic carbocycles. The number of amidine groups is 1. The van der Waals surface area contributed by atoms with Crippen LogP contribution in [0.2, 0.25) is 0 Å². The van der Waals surface area contributed by atoms with Crippen LogP contribution < -0.4 is 16.0 Å². The highest BCUT2D eigenvalue weighted by Gasteiger charge is 2.33. The molecule has 2 aromatic heterocycles. The molecule has 158 valence electrons. The van der Waals surface area contributed by atoms with Gasteiger partial charge in [0.05, 0.1) is 17.1 Å². The lowest BCUT2D eigenvalue weighted by Crippen LogP contribution is -2.35. The molecule has 4 N–H and O–H groups in total. The van der Waals surface area contributed by atoms with E-state index in [1.54, 1.807) is 35.8 Å². The summed E-state index contributed by atoms with van der Waals surface area (Å²) < 4.78 is 27.3. The van der Waals surface area contributed by atoms with Crippen LogP contribution in [0.3, 0.4) is 0 Å². The fraction of sp³-hybridized carbons (Fsp3) is 0.111. The summed E-state index contributed by atoms with van der Waals surface area (Å²) in [6, 6.07) is 6.78. The number of primary amides is 1. The highest BCUT2D eigenvalue weighted by atomic mass is 32.2. The number of benzene rings is 1. The van der Waals surface area contributed by atoms with Gasteiger partial charge in [0.2, 0.25) is 0 Å². The summed E-state index contributed by atoms with van der Waals surface area (Å²) in [5, 5.41) is 5.34. The van der Waals surface area contributed by atoms with Crippen molar-refractivity contribution in [3.8, 4) is 11.3 Å². The van der Waals surface area contributed by atoms with Gasteiger partial charge in [0.15, 0.2) is 10.3 Å². The Morgan fingerprint density at radius 2 is 2.10 bits per heavy atom. The summed E-state index contributed by atoms with van der Waals surface area (Å²) in [6.45, 7) is 0.339. The quantitative estimate of drug-likeness (QED) is 0.524. The number of aromatic nitrogens is 2. The van der Waals surface area contributed by atoms with Gasteiger partial charge in [-0.15, -0.1) is 15.7 Å². The Kier molecular flexibility index (Phi) is 4.60. The average Bonchev–Trinajstić information content (AvgIpc) is 3.44. The van der Waals surface area contributed by atoms with Crippen molar-refractivity contribution < 1.29 is 18.0 Å². The minimum absolute atomic E-state index is 0.0345. The van der Waals surface area contributed by atoms with Crippen LogP contribution in [0.25, 0.3) is 11.3 Å². The lowest BCUT2D eigenvalue weighted by Gasteiger charge is -2.22. The smallest absolute Gasteiger partial charge is 0.265 e. The zero-order valence-electron chi connectivity index (χ0n) is 15.7. The monoisotopic (exact) mass is 474 g/mol. The van der Waals surface area contributed by atoms with Gasteiger partial charge in [-0.1, -0.05) is 0 Å². The van der Waals surface area contributed by atoms with Crippen molar-refractivity contribution >= 4 is 60.9 Å². The topological polar surface area (TPSA) is 151 Å². The standard InChI is InChI=1S/C18H14N6O4S3/c19-15(25)11-5-10(7-20-11)12-8-29-17(21-12)22-16(26)9-1-2-13-14(6-9)30-18-23-31(27,28)4-3-24(13)18/h1-2,5-8,20H,3-4H2,(H2,19,25)(H,21,22,26). The third-order valence-electron chi connectivity index (χ3n) is 4.70. The van der Waals surface area contributed by atoms with Crippen molar-refractivity contribution in [1.29, 1.82) is 0 Å². The van der Waals surface area contributed by atoms with Crippen molar-refractivity contribution in [2.24, 2.45) is 10.1 Å². The molecule has 31 heavy (non-hydrogen) atoms. The third-order valence-corrected chi connectivity index (χ3v) is 7.77. The molecule has 0 radical (unpaired) electrons. The second-order valence-electron chi connectivity index (χ2n) is 6.75. The molecule has 2 amide bonds. The number of rotatable bonds is 4. The molecule has 0 fully saturated rings. The highest BCUT2D eigenvalue weighted by molar-refractivity contribution is 8.15. The van der Waals surface area contributed by atoms with E-state index < -0.39 is 15.9 Å². The van der Waals surface area contributed by atoms with Gasteiger partial charge >= 0.3 is 0 Å². The van der Waals surface area contributed by atoms with E-state index in [1.165, 1.54) is 23.1 Å². The molecule has 4 heterocycles. The molecule has 0 saturated carbocycles. The fourth-order valence-corrected chi connectivity index (χ4v) is 6.20. The van der Waals surface area contributed by atoms with Crippen molar-refractivity contribution in [2.45, 2.75) is 4.90 Å². The van der Waals surface area contributed by atoms with E-state index in [1.807, 2.05) is 4.90 Å². The molecule has 2 aliphatic heterocycles. The summed E-state index contributed by atoms with van der Waals surface area (Å²) in [5.74, 6) is -0.937. The number of carbonyl (C=O) groups is 2. The summed E-state index contributed by atoms with van der Waals surface area (Å²) in [4.78, 5) is 33.7. The Morgan fingerprint density at radius 3 is 2.87 bits per heavy atom. The lowest BCUT2D eigenvalue weighted by molar-refractivity contribution is 0.0994. The number of aromatic amines is 1. The zero-order chi connectivity index (χ0) is 21.8. The number of sulfonamides is 1. The van der Waals surface area contributed by atoms with Crippen LogP contribution in [-0.2, 0) is 10.0 Å².